The lowest BCUT2D eigenvalue weighted by atomic mass is 10.3. The average Bonchev–Trinajstić information content (AvgIpc) is 2.68. The lowest BCUT2D eigenvalue weighted by Crippen LogP contribution is -1.80. The zero-order chi connectivity index (χ0) is 9.52. The standard InChI is InChI=1S/C6H6ClN.C3H4N2/c7-5-1-3-6(8)4-2-5;1-2-5-3-4-1/h1-4H,8H2;1-3H,(H,4,5). The Morgan fingerprint density at radius 1 is 1.23 bits per heavy atom. The van der Waals surface area contributed by atoms with Crippen LogP contribution >= 0.6 is 11.6 Å². The molecule has 2 rings (SSSR count). The summed E-state index contributed by atoms with van der Waals surface area (Å²) in [5, 5.41) is 0.721. The Kier molecular flexibility index (Phi) is 3.85. The molecule has 0 unspecified atom stereocenters. The number of H-pyrrole nitrogens is 1. The molecule has 3 nitrogen and oxygen atoms in total. The van der Waals surface area contributed by atoms with E-state index in [0.717, 1.165) is 10.7 Å². The van der Waals surface area contributed by atoms with Crippen LogP contribution in [0.4, 0.5) is 5.69 Å². The van der Waals surface area contributed by atoms with Gasteiger partial charge in [0.05, 0.1) is 6.33 Å². The molecule has 68 valence electrons. The van der Waals surface area contributed by atoms with E-state index in [1.165, 1.54) is 0 Å². The van der Waals surface area contributed by atoms with Crippen LogP contribution in [0.25, 0.3) is 0 Å². The third-order valence-electron chi connectivity index (χ3n) is 1.28. The molecule has 2 aromatic rings. The minimum absolute atomic E-state index is 0.721. The van der Waals surface area contributed by atoms with E-state index in [1.54, 1.807) is 43.0 Å². The summed E-state index contributed by atoms with van der Waals surface area (Å²) in [6.07, 6.45) is 5.08. The number of nitrogens with one attached hydrogen (secondary N) is 1. The first kappa shape index (κ1) is 9.61. The Balaban J connectivity index is 0.000000145. The topological polar surface area (TPSA) is 54.7 Å². The fraction of sp³-hybridized carbons (Fsp3) is 0. The van der Waals surface area contributed by atoms with E-state index in [9.17, 15) is 0 Å². The second-order valence-electron chi connectivity index (χ2n) is 2.31. The van der Waals surface area contributed by atoms with Gasteiger partial charge in [-0.3, -0.25) is 0 Å². The molecule has 0 spiro atoms. The Labute approximate surface area is 81.6 Å². The van der Waals surface area contributed by atoms with Gasteiger partial charge >= 0.3 is 0 Å². The summed E-state index contributed by atoms with van der Waals surface area (Å²) < 4.78 is 0. The number of hydrogen-bond donors (Lipinski definition) is 2. The zero-order valence-electron chi connectivity index (χ0n) is 6.94. The number of aromatic nitrogens is 2. The van der Waals surface area contributed by atoms with Crippen molar-refractivity contribution in [2.75, 3.05) is 5.73 Å². The molecule has 0 aliphatic heterocycles. The SMILES string of the molecule is Nc1ccc(Cl)cc1.c1c[nH]cn1. The molecule has 1 aromatic heterocycles. The first-order chi connectivity index (χ1) is 6.29. The lowest BCUT2D eigenvalue weighted by Gasteiger charge is -1.88. The smallest absolute Gasteiger partial charge is 0.0919 e. The Bertz CT molecular complexity index is 277. The molecule has 1 heterocycles. The Morgan fingerprint density at radius 2 is 1.92 bits per heavy atom. The van der Waals surface area contributed by atoms with Gasteiger partial charge in [-0.25, -0.2) is 4.98 Å². The maximum atomic E-state index is 5.56. The van der Waals surface area contributed by atoms with E-state index in [0.29, 0.717) is 0 Å². The molecule has 0 amide bonds. The first-order valence-electron chi connectivity index (χ1n) is 3.73. The van der Waals surface area contributed by atoms with Crippen LogP contribution in [0.3, 0.4) is 0 Å². The molecule has 0 saturated heterocycles. The van der Waals surface area contributed by atoms with Gasteiger partial charge in [-0.05, 0) is 24.3 Å². The van der Waals surface area contributed by atoms with E-state index < -0.39 is 0 Å². The first-order valence-corrected chi connectivity index (χ1v) is 4.10. The van der Waals surface area contributed by atoms with Gasteiger partial charge in [0.15, 0.2) is 0 Å². The van der Waals surface area contributed by atoms with Gasteiger partial charge in [0.25, 0.3) is 0 Å². The summed E-state index contributed by atoms with van der Waals surface area (Å²) in [5.41, 5.74) is 6.11. The monoisotopic (exact) mass is 195 g/mol. The van der Waals surface area contributed by atoms with Crippen LogP contribution in [0, 0.1) is 0 Å². The highest BCUT2D eigenvalue weighted by Crippen LogP contribution is 2.09. The molecular formula is C9H10ClN3. The summed E-state index contributed by atoms with van der Waals surface area (Å²) in [4.78, 5) is 6.42. The third-order valence-corrected chi connectivity index (χ3v) is 1.53. The number of halogens is 1. The number of imidazole rings is 1. The molecular weight excluding hydrogens is 186 g/mol. The van der Waals surface area contributed by atoms with Gasteiger partial charge in [0.1, 0.15) is 0 Å². The number of anilines is 1. The predicted molar refractivity (Wildman–Crippen MR) is 54.5 cm³/mol. The van der Waals surface area contributed by atoms with E-state index in [2.05, 4.69) is 9.97 Å². The Morgan fingerprint density at radius 3 is 2.23 bits per heavy atom. The highest BCUT2D eigenvalue weighted by Gasteiger charge is 1.82. The van der Waals surface area contributed by atoms with E-state index >= 15 is 0 Å². The quantitative estimate of drug-likeness (QED) is 0.634. The van der Waals surface area contributed by atoms with Crippen LogP contribution in [0.1, 0.15) is 0 Å². The van der Waals surface area contributed by atoms with E-state index in [-0.39, 0.29) is 0 Å². The fourth-order valence-corrected chi connectivity index (χ4v) is 0.804. The Hall–Kier alpha value is -1.48. The van der Waals surface area contributed by atoms with Crippen molar-refractivity contribution < 1.29 is 0 Å². The molecule has 0 fully saturated rings. The highest BCUT2D eigenvalue weighted by atomic mass is 35.5. The number of nitrogens with two attached hydrogens (primary N) is 1. The molecule has 4 heteroatoms. The van der Waals surface area contributed by atoms with Gasteiger partial charge in [0, 0.05) is 23.1 Å². The third kappa shape index (κ3) is 4.18. The molecule has 1 aromatic carbocycles. The molecule has 13 heavy (non-hydrogen) atoms. The molecule has 0 aliphatic carbocycles. The minimum Gasteiger partial charge on any atom is -0.399 e. The van der Waals surface area contributed by atoms with Crippen molar-refractivity contribution in [2.24, 2.45) is 0 Å². The predicted octanol–water partition coefficient (Wildman–Crippen LogP) is 2.33. The van der Waals surface area contributed by atoms with Crippen molar-refractivity contribution in [1.29, 1.82) is 0 Å². The summed E-state index contributed by atoms with van der Waals surface area (Å²) in [7, 11) is 0. The summed E-state index contributed by atoms with van der Waals surface area (Å²) in [5.74, 6) is 0. The van der Waals surface area contributed by atoms with Crippen LogP contribution in [0.5, 0.6) is 0 Å². The van der Waals surface area contributed by atoms with Crippen molar-refractivity contribution in [1.82, 2.24) is 9.97 Å². The summed E-state index contributed by atoms with van der Waals surface area (Å²) in [6, 6.07) is 7.05. The number of rotatable bonds is 0. The maximum absolute atomic E-state index is 5.56. The van der Waals surface area contributed by atoms with E-state index in [4.69, 9.17) is 17.3 Å². The normalized spacial score (nSPS) is 8.69. The van der Waals surface area contributed by atoms with Crippen molar-refractivity contribution in [2.45, 2.75) is 0 Å². The van der Waals surface area contributed by atoms with Gasteiger partial charge in [-0.15, -0.1) is 0 Å². The lowest BCUT2D eigenvalue weighted by molar-refractivity contribution is 1.31. The van der Waals surface area contributed by atoms with Crippen LogP contribution < -0.4 is 5.73 Å². The van der Waals surface area contributed by atoms with Crippen LogP contribution in [-0.4, -0.2) is 9.97 Å². The molecule has 0 atom stereocenters. The molecule has 0 aliphatic rings. The summed E-state index contributed by atoms with van der Waals surface area (Å²) in [6.45, 7) is 0. The second-order valence-corrected chi connectivity index (χ2v) is 2.75. The highest BCUT2D eigenvalue weighted by molar-refractivity contribution is 6.30. The van der Waals surface area contributed by atoms with Crippen LogP contribution in [-0.2, 0) is 0 Å². The second kappa shape index (κ2) is 5.22. The maximum Gasteiger partial charge on any atom is 0.0919 e. The molecule has 0 radical (unpaired) electrons. The zero-order valence-corrected chi connectivity index (χ0v) is 7.70. The van der Waals surface area contributed by atoms with Crippen molar-refractivity contribution >= 4 is 17.3 Å². The van der Waals surface area contributed by atoms with Crippen molar-refractivity contribution in [3.63, 3.8) is 0 Å². The van der Waals surface area contributed by atoms with Gasteiger partial charge in [-0.2, -0.15) is 0 Å². The number of nitrogen functional groups attached to an aromatic ring is 1. The summed E-state index contributed by atoms with van der Waals surface area (Å²) >= 11 is 5.56. The number of hydrogen-bond acceptors (Lipinski definition) is 2. The van der Waals surface area contributed by atoms with Crippen molar-refractivity contribution in [3.8, 4) is 0 Å². The number of aromatic amines is 1. The largest absolute Gasteiger partial charge is 0.399 e. The van der Waals surface area contributed by atoms with Gasteiger partial charge in [-0.1, -0.05) is 11.6 Å². The average molecular weight is 196 g/mol. The van der Waals surface area contributed by atoms with Crippen molar-refractivity contribution in [3.05, 3.63) is 48.0 Å². The number of benzene rings is 1. The van der Waals surface area contributed by atoms with Crippen LogP contribution in [0.15, 0.2) is 43.0 Å². The fourth-order valence-electron chi connectivity index (χ4n) is 0.678. The van der Waals surface area contributed by atoms with E-state index in [1.807, 2.05) is 0 Å². The van der Waals surface area contributed by atoms with Gasteiger partial charge < -0.3 is 10.7 Å². The number of nitrogens with zero attached hydrogens (tertiary/aromatic N) is 1. The molecule has 0 saturated carbocycles. The minimum atomic E-state index is 0.721. The van der Waals surface area contributed by atoms with Gasteiger partial charge in [0.2, 0.25) is 0 Å². The molecule has 3 N–H and O–H groups in total. The molecule has 0 bridgehead atoms. The van der Waals surface area contributed by atoms with Crippen LogP contribution in [0.2, 0.25) is 5.02 Å².